The molecule has 54 heavy (non-hydrogen) atoms. The number of esters is 3. The van der Waals surface area contributed by atoms with E-state index in [-0.39, 0.29) is 31.1 Å². The summed E-state index contributed by atoms with van der Waals surface area (Å²) in [5.41, 5.74) is 0. The highest BCUT2D eigenvalue weighted by atomic mass is 16.6. The Balaban J connectivity index is 4.48. The molecule has 0 fully saturated rings. The van der Waals surface area contributed by atoms with Gasteiger partial charge in [-0.1, -0.05) is 145 Å². The topological polar surface area (TPSA) is 78.9 Å². The second-order valence-electron chi connectivity index (χ2n) is 14.2. The van der Waals surface area contributed by atoms with Crippen molar-refractivity contribution in [2.24, 2.45) is 0 Å². The molecule has 0 rings (SSSR count). The van der Waals surface area contributed by atoms with E-state index in [4.69, 9.17) is 14.2 Å². The molecular formula is C48H80O6. The molecule has 1 atom stereocenters. The predicted molar refractivity (Wildman–Crippen MR) is 228 cm³/mol. The molecule has 0 amide bonds. The summed E-state index contributed by atoms with van der Waals surface area (Å²) in [6.45, 7) is 6.30. The van der Waals surface area contributed by atoms with Gasteiger partial charge in [-0.3, -0.25) is 14.4 Å². The largest absolute Gasteiger partial charge is 0.462 e. The van der Waals surface area contributed by atoms with Crippen molar-refractivity contribution >= 4 is 17.9 Å². The molecule has 0 bridgehead atoms. The average Bonchev–Trinajstić information content (AvgIpc) is 3.17. The van der Waals surface area contributed by atoms with Gasteiger partial charge in [-0.25, -0.2) is 0 Å². The van der Waals surface area contributed by atoms with E-state index >= 15 is 0 Å². The van der Waals surface area contributed by atoms with Gasteiger partial charge in [-0.2, -0.15) is 0 Å². The Kier molecular flexibility index (Phi) is 40.1. The van der Waals surface area contributed by atoms with E-state index in [9.17, 15) is 14.4 Å². The normalized spacial score (nSPS) is 12.7. The molecule has 0 aliphatic rings. The highest BCUT2D eigenvalue weighted by Crippen LogP contribution is 2.12. The Bertz CT molecular complexity index is 1050. The van der Waals surface area contributed by atoms with Gasteiger partial charge in [-0.05, 0) is 103 Å². The van der Waals surface area contributed by atoms with Crippen LogP contribution in [0.2, 0.25) is 0 Å². The lowest BCUT2D eigenvalue weighted by molar-refractivity contribution is -0.167. The quantitative estimate of drug-likeness (QED) is 0.0270. The zero-order valence-corrected chi connectivity index (χ0v) is 35.0. The van der Waals surface area contributed by atoms with E-state index in [2.05, 4.69) is 93.7 Å². The zero-order chi connectivity index (χ0) is 39.4. The van der Waals surface area contributed by atoms with E-state index < -0.39 is 6.10 Å². The molecule has 0 heterocycles. The fraction of sp³-hybridized carbons (Fsp3) is 0.688. The average molecular weight is 753 g/mol. The predicted octanol–water partition coefficient (Wildman–Crippen LogP) is 13.9. The Morgan fingerprint density at radius 2 is 0.722 bits per heavy atom. The fourth-order valence-corrected chi connectivity index (χ4v) is 5.66. The summed E-state index contributed by atoms with van der Waals surface area (Å²) in [5, 5.41) is 0. The van der Waals surface area contributed by atoms with Crippen molar-refractivity contribution in [3.8, 4) is 0 Å². The molecule has 0 aromatic rings. The summed E-state index contributed by atoms with van der Waals surface area (Å²) in [6, 6.07) is 0. The molecule has 0 aromatic heterocycles. The van der Waals surface area contributed by atoms with Gasteiger partial charge in [0.25, 0.3) is 0 Å². The highest BCUT2D eigenvalue weighted by Gasteiger charge is 2.19. The third-order valence-corrected chi connectivity index (χ3v) is 8.93. The van der Waals surface area contributed by atoms with Crippen LogP contribution in [0.4, 0.5) is 0 Å². The number of carbonyl (C=O) groups is 3. The number of unbranched alkanes of at least 4 members (excludes halogenated alkanes) is 15. The molecule has 0 aliphatic heterocycles. The van der Waals surface area contributed by atoms with Gasteiger partial charge in [0.1, 0.15) is 13.2 Å². The van der Waals surface area contributed by atoms with Gasteiger partial charge in [0.2, 0.25) is 0 Å². The van der Waals surface area contributed by atoms with Gasteiger partial charge in [0.05, 0.1) is 0 Å². The third-order valence-electron chi connectivity index (χ3n) is 8.93. The summed E-state index contributed by atoms with van der Waals surface area (Å²) in [5.74, 6) is -0.972. The van der Waals surface area contributed by atoms with Crippen LogP contribution in [0.3, 0.4) is 0 Å². The fourth-order valence-electron chi connectivity index (χ4n) is 5.66. The summed E-state index contributed by atoms with van der Waals surface area (Å²) >= 11 is 0. The van der Waals surface area contributed by atoms with Gasteiger partial charge < -0.3 is 14.2 Å². The van der Waals surface area contributed by atoms with Crippen molar-refractivity contribution in [2.45, 2.75) is 200 Å². The molecular weight excluding hydrogens is 673 g/mol. The van der Waals surface area contributed by atoms with Crippen LogP contribution in [0, 0.1) is 0 Å². The number of carbonyl (C=O) groups excluding carboxylic acids is 3. The molecule has 6 nitrogen and oxygen atoms in total. The molecule has 0 saturated carbocycles. The van der Waals surface area contributed by atoms with Crippen LogP contribution in [0.15, 0.2) is 72.9 Å². The maximum atomic E-state index is 12.7. The van der Waals surface area contributed by atoms with Crippen LogP contribution >= 0.6 is 0 Å². The monoisotopic (exact) mass is 753 g/mol. The Morgan fingerprint density at radius 3 is 1.19 bits per heavy atom. The standard InChI is InChI=1S/C48H80O6/c1-4-7-10-13-16-19-22-25-28-31-34-37-40-46(49)52-43-45(54-48(51)42-39-36-33-30-27-24-21-18-15-12-9-6-3)44-53-47(50)41-38-35-32-29-26-23-20-17-14-11-8-5-2/h7,9-10,12,16-21,25,28,45H,4-6,8,11,13-15,22-24,26-27,29-44H2,1-3H3/b10-7-,12-9-,19-16-,20-17-,21-18-,28-25-. The molecule has 0 radical (unpaired) electrons. The Hall–Kier alpha value is -3.15. The minimum absolute atomic E-state index is 0.0989. The first-order valence-corrected chi connectivity index (χ1v) is 21.9. The van der Waals surface area contributed by atoms with Crippen LogP contribution in [0.1, 0.15) is 194 Å². The van der Waals surface area contributed by atoms with Gasteiger partial charge in [0, 0.05) is 19.3 Å². The summed E-state index contributed by atoms with van der Waals surface area (Å²) in [6.07, 6.45) is 51.7. The second kappa shape index (κ2) is 42.6. The minimum atomic E-state index is -0.798. The molecule has 0 aliphatic carbocycles. The van der Waals surface area contributed by atoms with Crippen molar-refractivity contribution in [1.82, 2.24) is 0 Å². The third kappa shape index (κ3) is 40.0. The maximum absolute atomic E-state index is 12.7. The molecule has 0 spiro atoms. The molecule has 0 saturated heterocycles. The summed E-state index contributed by atoms with van der Waals surface area (Å²) in [4.78, 5) is 37.7. The van der Waals surface area contributed by atoms with Crippen molar-refractivity contribution in [1.29, 1.82) is 0 Å². The van der Waals surface area contributed by atoms with E-state index in [1.807, 2.05) is 0 Å². The Labute approximate surface area is 332 Å². The summed E-state index contributed by atoms with van der Waals surface area (Å²) < 4.78 is 16.6. The number of ether oxygens (including phenoxy) is 3. The molecule has 1 unspecified atom stereocenters. The van der Waals surface area contributed by atoms with Gasteiger partial charge in [0.15, 0.2) is 6.10 Å². The van der Waals surface area contributed by atoms with Crippen molar-refractivity contribution in [2.75, 3.05) is 13.2 Å². The van der Waals surface area contributed by atoms with Crippen LogP contribution in [0.25, 0.3) is 0 Å². The lowest BCUT2D eigenvalue weighted by Crippen LogP contribution is -2.30. The first-order chi connectivity index (χ1) is 26.5. The number of hydrogen-bond acceptors (Lipinski definition) is 6. The van der Waals surface area contributed by atoms with Crippen molar-refractivity contribution in [3.63, 3.8) is 0 Å². The summed E-state index contributed by atoms with van der Waals surface area (Å²) in [7, 11) is 0. The van der Waals surface area contributed by atoms with Gasteiger partial charge in [-0.15, -0.1) is 0 Å². The first-order valence-electron chi connectivity index (χ1n) is 21.9. The first kappa shape index (κ1) is 50.9. The Morgan fingerprint density at radius 1 is 0.389 bits per heavy atom. The lowest BCUT2D eigenvalue weighted by atomic mass is 10.1. The van der Waals surface area contributed by atoms with Crippen molar-refractivity contribution < 1.29 is 28.6 Å². The minimum Gasteiger partial charge on any atom is -0.462 e. The second-order valence-corrected chi connectivity index (χ2v) is 14.2. The highest BCUT2D eigenvalue weighted by molar-refractivity contribution is 5.71. The van der Waals surface area contributed by atoms with Crippen LogP contribution in [-0.2, 0) is 28.6 Å². The zero-order valence-electron chi connectivity index (χ0n) is 35.0. The molecule has 0 N–H and O–H groups in total. The van der Waals surface area contributed by atoms with E-state index in [1.54, 1.807) is 0 Å². The van der Waals surface area contributed by atoms with Gasteiger partial charge >= 0.3 is 17.9 Å². The van der Waals surface area contributed by atoms with Crippen LogP contribution in [-0.4, -0.2) is 37.2 Å². The lowest BCUT2D eigenvalue weighted by Gasteiger charge is -2.18. The molecule has 6 heteroatoms. The molecule has 0 aromatic carbocycles. The van der Waals surface area contributed by atoms with E-state index in [0.717, 1.165) is 122 Å². The van der Waals surface area contributed by atoms with Crippen LogP contribution < -0.4 is 0 Å². The van der Waals surface area contributed by atoms with Crippen LogP contribution in [0.5, 0.6) is 0 Å². The number of hydrogen-bond donors (Lipinski definition) is 0. The van der Waals surface area contributed by atoms with E-state index in [0.29, 0.717) is 19.3 Å². The van der Waals surface area contributed by atoms with E-state index in [1.165, 1.54) is 32.1 Å². The maximum Gasteiger partial charge on any atom is 0.306 e. The SMILES string of the molecule is CC/C=C\C/C=C\C/C=C\CCCCC(=O)OCC(COC(=O)CCCCCCC/C=C\CCCCC)OC(=O)CCCCCCC/C=C\C/C=C\CC. The molecule has 308 valence electrons. The van der Waals surface area contributed by atoms with Crippen molar-refractivity contribution in [3.05, 3.63) is 72.9 Å². The number of allylic oxidation sites excluding steroid dienone is 12. The smallest absolute Gasteiger partial charge is 0.306 e. The number of rotatable bonds is 38.